The van der Waals surface area contributed by atoms with Crippen molar-refractivity contribution in [2.24, 2.45) is 0 Å². The Hall–Kier alpha value is -0.990. The van der Waals surface area contributed by atoms with Crippen LogP contribution < -0.4 is 5.56 Å². The monoisotopic (exact) mass is 241 g/mol. The molecule has 1 heterocycles. The van der Waals surface area contributed by atoms with Crippen molar-refractivity contribution < 1.29 is 0 Å². The normalized spacial score (nSPS) is 10.9. The van der Waals surface area contributed by atoms with Crippen molar-refractivity contribution >= 4 is 34.1 Å². The van der Waals surface area contributed by atoms with E-state index in [1.165, 1.54) is 0 Å². The molecule has 0 amide bonds. The highest BCUT2D eigenvalue weighted by Gasteiger charge is 2.07. The van der Waals surface area contributed by atoms with E-state index in [0.29, 0.717) is 15.6 Å². The van der Waals surface area contributed by atoms with Gasteiger partial charge in [-0.25, -0.2) is 0 Å². The van der Waals surface area contributed by atoms with Crippen LogP contribution in [0.25, 0.3) is 10.9 Å². The second kappa shape index (κ2) is 3.54. The number of hydrogen-bond donors (Lipinski definition) is 1. The molecule has 1 aromatic heterocycles. The van der Waals surface area contributed by atoms with Gasteiger partial charge < -0.3 is 4.98 Å². The largest absolute Gasteiger partial charge is 0.322 e. The first-order valence-corrected chi connectivity index (χ1v) is 5.24. The molecule has 1 aromatic carbocycles. The third-order valence-electron chi connectivity index (χ3n) is 2.62. The predicted molar refractivity (Wildman–Crippen MR) is 64.1 cm³/mol. The zero-order chi connectivity index (χ0) is 11.2. The smallest absolute Gasteiger partial charge is 0.251 e. The third-order valence-corrected chi connectivity index (χ3v) is 3.34. The number of benzene rings is 1. The zero-order valence-corrected chi connectivity index (χ0v) is 9.83. The Morgan fingerprint density at radius 3 is 2.33 bits per heavy atom. The van der Waals surface area contributed by atoms with Crippen molar-refractivity contribution in [3.63, 3.8) is 0 Å². The van der Waals surface area contributed by atoms with Crippen LogP contribution in [0.15, 0.2) is 16.9 Å². The van der Waals surface area contributed by atoms with Crippen LogP contribution in [0.1, 0.15) is 11.1 Å². The first kappa shape index (κ1) is 10.5. The molecule has 2 aromatic rings. The van der Waals surface area contributed by atoms with Crippen LogP contribution in [0.3, 0.4) is 0 Å². The number of aromatic amines is 1. The number of H-pyrrole nitrogens is 1. The topological polar surface area (TPSA) is 32.9 Å². The van der Waals surface area contributed by atoms with Gasteiger partial charge in [0.15, 0.2) is 0 Å². The Morgan fingerprint density at radius 1 is 1.07 bits per heavy atom. The van der Waals surface area contributed by atoms with E-state index in [4.69, 9.17) is 23.2 Å². The van der Waals surface area contributed by atoms with Crippen LogP contribution in [0.5, 0.6) is 0 Å². The van der Waals surface area contributed by atoms with Gasteiger partial charge in [0, 0.05) is 10.9 Å². The second-order valence-corrected chi connectivity index (χ2v) is 4.33. The molecule has 0 unspecified atom stereocenters. The lowest BCUT2D eigenvalue weighted by molar-refractivity contribution is 1.20. The maximum Gasteiger partial charge on any atom is 0.251 e. The second-order valence-electron chi connectivity index (χ2n) is 3.52. The number of aromatic nitrogens is 1. The van der Waals surface area contributed by atoms with E-state index < -0.39 is 0 Å². The summed E-state index contributed by atoms with van der Waals surface area (Å²) in [5, 5.41) is 1.88. The van der Waals surface area contributed by atoms with Crippen molar-refractivity contribution in [2.75, 3.05) is 0 Å². The van der Waals surface area contributed by atoms with E-state index in [-0.39, 0.29) is 5.56 Å². The molecule has 78 valence electrons. The molecule has 0 saturated heterocycles. The highest BCUT2D eigenvalue weighted by Crippen LogP contribution is 2.28. The Kier molecular flexibility index (Phi) is 2.49. The van der Waals surface area contributed by atoms with Gasteiger partial charge in [0.1, 0.15) is 0 Å². The molecule has 0 aliphatic heterocycles. The van der Waals surface area contributed by atoms with Crippen LogP contribution in [0, 0.1) is 13.8 Å². The molecular formula is C11H9Cl2NO. The summed E-state index contributed by atoms with van der Waals surface area (Å²) in [6.45, 7) is 3.69. The quantitative estimate of drug-likeness (QED) is 0.753. The van der Waals surface area contributed by atoms with Gasteiger partial charge >= 0.3 is 0 Å². The summed E-state index contributed by atoms with van der Waals surface area (Å²) < 4.78 is 0. The summed E-state index contributed by atoms with van der Waals surface area (Å²) >= 11 is 11.8. The van der Waals surface area contributed by atoms with Gasteiger partial charge in [-0.1, -0.05) is 23.2 Å². The molecule has 0 radical (unpaired) electrons. The Bertz CT molecular complexity index is 602. The van der Waals surface area contributed by atoms with Crippen molar-refractivity contribution in [1.82, 2.24) is 4.98 Å². The van der Waals surface area contributed by atoms with Crippen molar-refractivity contribution in [2.45, 2.75) is 13.8 Å². The van der Waals surface area contributed by atoms with Gasteiger partial charge in [-0.15, -0.1) is 0 Å². The molecular weight excluding hydrogens is 233 g/mol. The first-order valence-electron chi connectivity index (χ1n) is 4.49. The Labute approximate surface area is 96.8 Å². The van der Waals surface area contributed by atoms with Crippen molar-refractivity contribution in [1.29, 1.82) is 0 Å². The van der Waals surface area contributed by atoms with E-state index in [2.05, 4.69) is 4.98 Å². The fourth-order valence-electron chi connectivity index (χ4n) is 1.55. The first-order chi connectivity index (χ1) is 7.00. The van der Waals surface area contributed by atoms with Gasteiger partial charge in [0.2, 0.25) is 0 Å². The summed E-state index contributed by atoms with van der Waals surface area (Å²) in [4.78, 5) is 14.3. The van der Waals surface area contributed by atoms with Crippen LogP contribution >= 0.6 is 23.2 Å². The van der Waals surface area contributed by atoms with E-state index in [9.17, 15) is 4.79 Å². The lowest BCUT2D eigenvalue weighted by Crippen LogP contribution is -2.11. The van der Waals surface area contributed by atoms with Gasteiger partial charge in [-0.3, -0.25) is 4.79 Å². The number of halogens is 2. The molecule has 0 fully saturated rings. The fourth-order valence-corrected chi connectivity index (χ4v) is 1.88. The molecule has 0 bridgehead atoms. The summed E-state index contributed by atoms with van der Waals surface area (Å²) in [7, 11) is 0. The number of pyridine rings is 1. The van der Waals surface area contributed by atoms with Gasteiger partial charge in [-0.2, -0.15) is 0 Å². The highest BCUT2D eigenvalue weighted by atomic mass is 35.5. The van der Waals surface area contributed by atoms with Crippen LogP contribution in [0.2, 0.25) is 10.0 Å². The molecule has 2 nitrogen and oxygen atoms in total. The molecule has 0 spiro atoms. The van der Waals surface area contributed by atoms with Crippen LogP contribution in [0.4, 0.5) is 0 Å². The minimum atomic E-state index is -0.0848. The number of aryl methyl sites for hydroxylation is 1. The van der Waals surface area contributed by atoms with Gasteiger partial charge in [0.25, 0.3) is 5.56 Å². The summed E-state index contributed by atoms with van der Waals surface area (Å²) in [6.07, 6.45) is 0. The minimum Gasteiger partial charge on any atom is -0.322 e. The molecule has 0 atom stereocenters. The summed E-state index contributed by atoms with van der Waals surface area (Å²) in [5.74, 6) is 0. The standard InChI is InChI=1S/C11H9Cl2NO/c1-5-6(2)11(15)14-10-4-9(13)8(12)3-7(5)10/h3-4H,1-2H3,(H,14,15). The number of fused-ring (bicyclic) bond motifs is 1. The van der Waals surface area contributed by atoms with E-state index in [1.807, 2.05) is 6.92 Å². The van der Waals surface area contributed by atoms with E-state index in [1.54, 1.807) is 19.1 Å². The molecule has 0 aliphatic carbocycles. The fraction of sp³-hybridized carbons (Fsp3) is 0.182. The van der Waals surface area contributed by atoms with Gasteiger partial charge in [0.05, 0.1) is 15.6 Å². The average Bonchev–Trinajstić information content (AvgIpc) is 2.19. The lowest BCUT2D eigenvalue weighted by Gasteiger charge is -2.06. The maximum atomic E-state index is 11.5. The SMILES string of the molecule is Cc1c(C)c2cc(Cl)c(Cl)cc2[nH]c1=O. The molecule has 4 heteroatoms. The highest BCUT2D eigenvalue weighted by molar-refractivity contribution is 6.42. The summed E-state index contributed by atoms with van der Waals surface area (Å²) in [5.41, 5.74) is 2.28. The maximum absolute atomic E-state index is 11.5. The van der Waals surface area contributed by atoms with Crippen molar-refractivity contribution in [3.05, 3.63) is 43.7 Å². The van der Waals surface area contributed by atoms with Crippen LogP contribution in [-0.4, -0.2) is 4.98 Å². The van der Waals surface area contributed by atoms with E-state index >= 15 is 0 Å². The lowest BCUT2D eigenvalue weighted by atomic mass is 10.1. The zero-order valence-electron chi connectivity index (χ0n) is 8.32. The summed E-state index contributed by atoms with van der Waals surface area (Å²) in [6, 6.07) is 3.45. The number of rotatable bonds is 0. The molecule has 2 rings (SSSR count). The van der Waals surface area contributed by atoms with Crippen LogP contribution in [-0.2, 0) is 0 Å². The predicted octanol–water partition coefficient (Wildman–Crippen LogP) is 3.45. The molecule has 0 aliphatic rings. The molecule has 15 heavy (non-hydrogen) atoms. The molecule has 1 N–H and O–H groups in total. The molecule has 0 saturated carbocycles. The van der Waals surface area contributed by atoms with Crippen molar-refractivity contribution in [3.8, 4) is 0 Å². The Balaban J connectivity index is 3.00. The van der Waals surface area contributed by atoms with E-state index in [0.717, 1.165) is 16.5 Å². The third kappa shape index (κ3) is 1.64. The number of hydrogen-bond acceptors (Lipinski definition) is 1. The number of nitrogens with one attached hydrogen (secondary N) is 1. The average molecular weight is 242 g/mol. The minimum absolute atomic E-state index is 0.0848. The van der Waals surface area contributed by atoms with Gasteiger partial charge in [-0.05, 0) is 31.5 Å². The Morgan fingerprint density at radius 2 is 1.67 bits per heavy atom.